The molecule has 132 valence electrons. The van der Waals surface area contributed by atoms with Crippen molar-refractivity contribution in [2.75, 3.05) is 18.9 Å². The van der Waals surface area contributed by atoms with E-state index in [4.69, 9.17) is 0 Å². The number of amides is 2. The molecule has 0 atom stereocenters. The van der Waals surface area contributed by atoms with E-state index >= 15 is 0 Å². The van der Waals surface area contributed by atoms with Crippen molar-refractivity contribution < 1.29 is 9.59 Å². The molecule has 0 aliphatic carbocycles. The molecule has 0 spiro atoms. The van der Waals surface area contributed by atoms with Crippen LogP contribution in [-0.2, 0) is 11.2 Å². The third kappa shape index (κ3) is 4.69. The SMILES string of the molecule is CCc1ccc(C(=O)N(C)CC(=O)Nc2c(C)cc(C)cc2C)cc1. The van der Waals surface area contributed by atoms with Gasteiger partial charge in [0.05, 0.1) is 6.54 Å². The molecule has 0 aliphatic heterocycles. The van der Waals surface area contributed by atoms with Gasteiger partial charge >= 0.3 is 0 Å². The minimum absolute atomic E-state index is 0.0150. The fraction of sp³-hybridized carbons (Fsp3) is 0.333. The molecule has 2 aromatic carbocycles. The number of nitrogens with one attached hydrogen (secondary N) is 1. The number of carbonyl (C=O) groups is 2. The van der Waals surface area contributed by atoms with Crippen molar-refractivity contribution in [1.29, 1.82) is 0 Å². The van der Waals surface area contributed by atoms with Crippen LogP contribution in [0.2, 0.25) is 0 Å². The molecule has 25 heavy (non-hydrogen) atoms. The highest BCUT2D eigenvalue weighted by molar-refractivity contribution is 5.99. The summed E-state index contributed by atoms with van der Waals surface area (Å²) < 4.78 is 0. The van der Waals surface area contributed by atoms with E-state index in [0.717, 1.165) is 28.8 Å². The van der Waals surface area contributed by atoms with Crippen LogP contribution in [0.4, 0.5) is 5.69 Å². The Morgan fingerprint density at radius 2 is 1.56 bits per heavy atom. The summed E-state index contributed by atoms with van der Waals surface area (Å²) in [7, 11) is 1.64. The normalized spacial score (nSPS) is 10.4. The molecule has 0 bridgehead atoms. The maximum atomic E-state index is 12.5. The third-order valence-electron chi connectivity index (χ3n) is 4.28. The van der Waals surface area contributed by atoms with Gasteiger partial charge in [-0.1, -0.05) is 36.8 Å². The predicted molar refractivity (Wildman–Crippen MR) is 102 cm³/mol. The maximum Gasteiger partial charge on any atom is 0.254 e. The summed E-state index contributed by atoms with van der Waals surface area (Å²) in [4.78, 5) is 26.2. The maximum absolute atomic E-state index is 12.5. The molecule has 0 radical (unpaired) electrons. The summed E-state index contributed by atoms with van der Waals surface area (Å²) in [6, 6.07) is 11.6. The summed E-state index contributed by atoms with van der Waals surface area (Å²) in [5, 5.41) is 2.93. The minimum atomic E-state index is -0.198. The van der Waals surface area contributed by atoms with E-state index in [9.17, 15) is 9.59 Å². The number of likely N-dealkylation sites (N-methyl/N-ethyl adjacent to an activating group) is 1. The zero-order valence-corrected chi connectivity index (χ0v) is 15.6. The van der Waals surface area contributed by atoms with Gasteiger partial charge in [0.15, 0.2) is 0 Å². The smallest absolute Gasteiger partial charge is 0.254 e. The molecule has 4 nitrogen and oxygen atoms in total. The van der Waals surface area contributed by atoms with Gasteiger partial charge in [0, 0.05) is 18.3 Å². The number of rotatable bonds is 5. The summed E-state index contributed by atoms with van der Waals surface area (Å²) in [6.07, 6.45) is 0.933. The quantitative estimate of drug-likeness (QED) is 0.899. The molecule has 0 saturated heterocycles. The van der Waals surface area contributed by atoms with Crippen molar-refractivity contribution in [2.24, 2.45) is 0 Å². The Morgan fingerprint density at radius 1 is 1.00 bits per heavy atom. The highest BCUT2D eigenvalue weighted by Crippen LogP contribution is 2.21. The first-order valence-corrected chi connectivity index (χ1v) is 8.54. The summed E-state index contributed by atoms with van der Waals surface area (Å²) in [5.41, 5.74) is 5.81. The molecular formula is C21H26N2O2. The third-order valence-corrected chi connectivity index (χ3v) is 4.28. The molecule has 0 unspecified atom stereocenters. The standard InChI is InChI=1S/C21H26N2O2/c1-6-17-7-9-18(10-8-17)21(25)23(5)13-19(24)22-20-15(3)11-14(2)12-16(20)4/h7-12H,6,13H2,1-5H3,(H,22,24). The Labute approximate surface area is 149 Å². The van der Waals surface area contributed by atoms with Crippen molar-refractivity contribution >= 4 is 17.5 Å². The number of carbonyl (C=O) groups excluding carboxylic acids is 2. The van der Waals surface area contributed by atoms with E-state index in [1.54, 1.807) is 7.05 Å². The van der Waals surface area contributed by atoms with Crippen LogP contribution in [0.25, 0.3) is 0 Å². The summed E-state index contributed by atoms with van der Waals surface area (Å²) in [6.45, 7) is 8.06. The van der Waals surface area contributed by atoms with Gasteiger partial charge in [0.25, 0.3) is 5.91 Å². The first-order valence-electron chi connectivity index (χ1n) is 8.54. The van der Waals surface area contributed by atoms with Crippen LogP contribution < -0.4 is 5.32 Å². The van der Waals surface area contributed by atoms with Crippen LogP contribution in [0.1, 0.15) is 39.5 Å². The lowest BCUT2D eigenvalue weighted by Gasteiger charge is -2.18. The van der Waals surface area contributed by atoms with Gasteiger partial charge in [-0.3, -0.25) is 9.59 Å². The largest absolute Gasteiger partial charge is 0.332 e. The average Bonchev–Trinajstić information content (AvgIpc) is 2.57. The molecule has 0 heterocycles. The van der Waals surface area contributed by atoms with E-state index in [-0.39, 0.29) is 18.4 Å². The van der Waals surface area contributed by atoms with Gasteiger partial charge in [-0.15, -0.1) is 0 Å². The van der Waals surface area contributed by atoms with E-state index in [1.165, 1.54) is 10.5 Å². The lowest BCUT2D eigenvalue weighted by Crippen LogP contribution is -2.35. The van der Waals surface area contributed by atoms with Crippen LogP contribution in [0, 0.1) is 20.8 Å². The molecule has 0 aliphatic rings. The first kappa shape index (κ1) is 18.7. The monoisotopic (exact) mass is 338 g/mol. The Hall–Kier alpha value is -2.62. The van der Waals surface area contributed by atoms with Crippen LogP contribution in [0.5, 0.6) is 0 Å². The molecule has 0 fully saturated rings. The highest BCUT2D eigenvalue weighted by atomic mass is 16.2. The summed E-state index contributed by atoms with van der Waals surface area (Å²) in [5.74, 6) is -0.355. The van der Waals surface area contributed by atoms with Crippen molar-refractivity contribution in [2.45, 2.75) is 34.1 Å². The summed E-state index contributed by atoms with van der Waals surface area (Å²) >= 11 is 0. The molecule has 1 N–H and O–H groups in total. The van der Waals surface area contributed by atoms with Gasteiger partial charge in [-0.05, 0) is 56.0 Å². The minimum Gasteiger partial charge on any atom is -0.332 e. The molecular weight excluding hydrogens is 312 g/mol. The number of anilines is 1. The van der Waals surface area contributed by atoms with Gasteiger partial charge < -0.3 is 10.2 Å². The van der Waals surface area contributed by atoms with Crippen LogP contribution in [-0.4, -0.2) is 30.3 Å². The van der Waals surface area contributed by atoms with E-state index in [1.807, 2.05) is 57.2 Å². The molecule has 2 aromatic rings. The van der Waals surface area contributed by atoms with E-state index in [2.05, 4.69) is 12.2 Å². The first-order chi connectivity index (χ1) is 11.8. The number of benzene rings is 2. The van der Waals surface area contributed by atoms with Crippen LogP contribution >= 0.6 is 0 Å². The van der Waals surface area contributed by atoms with Crippen molar-refractivity contribution in [1.82, 2.24) is 4.90 Å². The molecule has 0 aromatic heterocycles. The Morgan fingerprint density at radius 3 is 2.08 bits per heavy atom. The fourth-order valence-electron chi connectivity index (χ4n) is 2.95. The Balaban J connectivity index is 2.03. The molecule has 2 amide bonds. The van der Waals surface area contributed by atoms with E-state index < -0.39 is 0 Å². The second-order valence-corrected chi connectivity index (χ2v) is 6.53. The van der Waals surface area contributed by atoms with Gasteiger partial charge in [-0.25, -0.2) is 0 Å². The zero-order valence-electron chi connectivity index (χ0n) is 15.6. The number of hydrogen-bond acceptors (Lipinski definition) is 2. The molecule has 4 heteroatoms. The van der Waals surface area contributed by atoms with Crippen LogP contribution in [0.15, 0.2) is 36.4 Å². The van der Waals surface area contributed by atoms with Crippen LogP contribution in [0.3, 0.4) is 0 Å². The number of hydrogen-bond donors (Lipinski definition) is 1. The molecule has 2 rings (SSSR count). The zero-order chi connectivity index (χ0) is 18.6. The van der Waals surface area contributed by atoms with Gasteiger partial charge in [0.1, 0.15) is 0 Å². The van der Waals surface area contributed by atoms with Gasteiger partial charge in [0.2, 0.25) is 5.91 Å². The van der Waals surface area contributed by atoms with Crippen molar-refractivity contribution in [3.63, 3.8) is 0 Å². The number of aryl methyl sites for hydroxylation is 4. The van der Waals surface area contributed by atoms with Crippen molar-refractivity contribution in [3.05, 3.63) is 64.2 Å². The average molecular weight is 338 g/mol. The lowest BCUT2D eigenvalue weighted by atomic mass is 10.1. The fourth-order valence-corrected chi connectivity index (χ4v) is 2.95. The molecule has 0 saturated carbocycles. The number of nitrogens with zero attached hydrogens (tertiary/aromatic N) is 1. The van der Waals surface area contributed by atoms with Crippen molar-refractivity contribution in [3.8, 4) is 0 Å². The second kappa shape index (κ2) is 7.97. The topological polar surface area (TPSA) is 49.4 Å². The Kier molecular flexibility index (Phi) is 5.97. The highest BCUT2D eigenvalue weighted by Gasteiger charge is 2.16. The van der Waals surface area contributed by atoms with E-state index in [0.29, 0.717) is 5.56 Å². The van der Waals surface area contributed by atoms with Gasteiger partial charge in [-0.2, -0.15) is 0 Å². The predicted octanol–water partition coefficient (Wildman–Crippen LogP) is 3.88. The lowest BCUT2D eigenvalue weighted by molar-refractivity contribution is -0.116. The second-order valence-electron chi connectivity index (χ2n) is 6.53. The Bertz CT molecular complexity index is 756.